The van der Waals surface area contributed by atoms with E-state index in [1.165, 1.54) is 25.1 Å². The van der Waals surface area contributed by atoms with E-state index in [1.54, 1.807) is 6.92 Å². The molecule has 6 heteroatoms. The third-order valence-electron chi connectivity index (χ3n) is 3.23. The van der Waals surface area contributed by atoms with Crippen LogP contribution in [-0.4, -0.2) is 29.0 Å². The third-order valence-corrected chi connectivity index (χ3v) is 3.23. The van der Waals surface area contributed by atoms with Crippen LogP contribution in [0, 0.1) is 17.0 Å². The topological polar surface area (TPSA) is 80.1 Å². The van der Waals surface area contributed by atoms with Crippen molar-refractivity contribution in [1.29, 1.82) is 0 Å². The zero-order valence-corrected chi connectivity index (χ0v) is 10.5. The lowest BCUT2D eigenvalue weighted by molar-refractivity contribution is -0.385. The molecule has 1 aliphatic rings. The molecule has 6 nitrogen and oxygen atoms in total. The number of nitrogens with zero attached hydrogens (tertiary/aromatic N) is 2. The summed E-state index contributed by atoms with van der Waals surface area (Å²) in [7, 11) is 0. The number of rotatable bonds is 5. The van der Waals surface area contributed by atoms with E-state index in [4.69, 9.17) is 0 Å². The van der Waals surface area contributed by atoms with Crippen molar-refractivity contribution in [2.24, 2.45) is 0 Å². The molecule has 0 amide bonds. The van der Waals surface area contributed by atoms with Gasteiger partial charge < -0.3 is 10.6 Å². The smallest absolute Gasteiger partial charge is 0.277 e. The predicted molar refractivity (Wildman–Crippen MR) is 69.8 cm³/mol. The second-order valence-corrected chi connectivity index (χ2v) is 4.62. The molecule has 0 aliphatic carbocycles. The van der Waals surface area contributed by atoms with E-state index in [1.807, 2.05) is 0 Å². The fourth-order valence-electron chi connectivity index (χ4n) is 2.18. The Morgan fingerprint density at radius 1 is 1.67 bits per heavy atom. The maximum atomic E-state index is 10.8. The van der Waals surface area contributed by atoms with Gasteiger partial charge >= 0.3 is 0 Å². The van der Waals surface area contributed by atoms with Crippen LogP contribution in [0.15, 0.2) is 12.3 Å². The predicted octanol–water partition coefficient (Wildman–Crippen LogP) is 1.85. The van der Waals surface area contributed by atoms with Gasteiger partial charge in [-0.2, -0.15) is 0 Å². The molecule has 1 saturated heterocycles. The van der Waals surface area contributed by atoms with Crippen molar-refractivity contribution in [3.8, 4) is 0 Å². The van der Waals surface area contributed by atoms with Crippen LogP contribution in [0.1, 0.15) is 24.8 Å². The molecule has 98 valence electrons. The first-order valence-corrected chi connectivity index (χ1v) is 6.25. The Kier molecular flexibility index (Phi) is 4.09. The normalized spacial score (nSPS) is 18.8. The lowest BCUT2D eigenvalue weighted by Crippen LogP contribution is -2.24. The minimum Gasteiger partial charge on any atom is -0.370 e. The number of aromatic nitrogens is 1. The molecule has 18 heavy (non-hydrogen) atoms. The molecule has 1 aliphatic heterocycles. The number of hydrogen-bond acceptors (Lipinski definition) is 5. The van der Waals surface area contributed by atoms with Gasteiger partial charge in [0, 0.05) is 24.3 Å². The molecule has 2 heterocycles. The number of anilines is 1. The van der Waals surface area contributed by atoms with Crippen molar-refractivity contribution >= 4 is 11.5 Å². The van der Waals surface area contributed by atoms with Crippen molar-refractivity contribution in [1.82, 2.24) is 10.3 Å². The Morgan fingerprint density at radius 2 is 2.50 bits per heavy atom. The van der Waals surface area contributed by atoms with Crippen molar-refractivity contribution in [2.75, 3.05) is 18.4 Å². The van der Waals surface area contributed by atoms with Crippen LogP contribution in [-0.2, 0) is 0 Å². The highest BCUT2D eigenvalue weighted by atomic mass is 16.6. The van der Waals surface area contributed by atoms with E-state index in [0.29, 0.717) is 17.4 Å². The Bertz CT molecular complexity index is 430. The summed E-state index contributed by atoms with van der Waals surface area (Å²) in [6.07, 6.45) is 5.00. The molecule has 2 rings (SSSR count). The second-order valence-electron chi connectivity index (χ2n) is 4.62. The van der Waals surface area contributed by atoms with E-state index in [0.717, 1.165) is 19.5 Å². The van der Waals surface area contributed by atoms with Crippen molar-refractivity contribution < 1.29 is 4.92 Å². The second kappa shape index (κ2) is 5.77. The van der Waals surface area contributed by atoms with E-state index in [2.05, 4.69) is 15.6 Å². The lowest BCUT2D eigenvalue weighted by atomic mass is 10.1. The Labute approximate surface area is 106 Å². The Balaban J connectivity index is 1.88. The maximum absolute atomic E-state index is 10.8. The summed E-state index contributed by atoms with van der Waals surface area (Å²) in [6, 6.07) is 2.06. The van der Waals surface area contributed by atoms with Gasteiger partial charge in [0.1, 0.15) is 5.82 Å². The van der Waals surface area contributed by atoms with Crippen molar-refractivity contribution in [3.63, 3.8) is 0 Å². The largest absolute Gasteiger partial charge is 0.370 e. The van der Waals surface area contributed by atoms with Crippen LogP contribution < -0.4 is 10.6 Å². The zero-order valence-electron chi connectivity index (χ0n) is 10.5. The molecule has 0 saturated carbocycles. The molecule has 0 unspecified atom stereocenters. The SMILES string of the molecule is Cc1cnc(NCC[C@H]2CCCN2)cc1[N+](=O)[O-]. The summed E-state index contributed by atoms with van der Waals surface area (Å²) in [5.41, 5.74) is 0.703. The molecule has 0 bridgehead atoms. The summed E-state index contributed by atoms with van der Waals surface area (Å²) in [5, 5.41) is 17.3. The Morgan fingerprint density at radius 3 is 3.17 bits per heavy atom. The minimum absolute atomic E-state index is 0.117. The number of nitro groups is 1. The first-order valence-electron chi connectivity index (χ1n) is 6.25. The fourth-order valence-corrected chi connectivity index (χ4v) is 2.18. The average Bonchev–Trinajstić information content (AvgIpc) is 2.84. The summed E-state index contributed by atoms with van der Waals surface area (Å²) in [5.74, 6) is 0.574. The quantitative estimate of drug-likeness (QED) is 0.615. The minimum atomic E-state index is -0.374. The number of hydrogen-bond donors (Lipinski definition) is 2. The first-order chi connectivity index (χ1) is 8.66. The van der Waals surface area contributed by atoms with Crippen LogP contribution in [0.3, 0.4) is 0 Å². The highest BCUT2D eigenvalue weighted by molar-refractivity contribution is 5.48. The van der Waals surface area contributed by atoms with E-state index in [-0.39, 0.29) is 10.6 Å². The highest BCUT2D eigenvalue weighted by Gasteiger charge is 2.14. The standard InChI is InChI=1S/C12H18N4O2/c1-9-8-15-12(7-11(9)16(17)18)14-6-4-10-3-2-5-13-10/h7-8,10,13H,2-6H2,1H3,(H,14,15)/t10-/m1/s1. The maximum Gasteiger partial charge on any atom is 0.277 e. The first kappa shape index (κ1) is 12.8. The van der Waals surface area contributed by atoms with Gasteiger partial charge in [0.15, 0.2) is 0 Å². The number of aryl methyl sites for hydroxylation is 1. The van der Waals surface area contributed by atoms with E-state index < -0.39 is 0 Å². The van der Waals surface area contributed by atoms with Crippen molar-refractivity contribution in [2.45, 2.75) is 32.2 Å². The van der Waals surface area contributed by atoms with Crippen LogP contribution in [0.2, 0.25) is 0 Å². The summed E-state index contributed by atoms with van der Waals surface area (Å²) in [6.45, 7) is 3.57. The van der Waals surface area contributed by atoms with Crippen LogP contribution in [0.4, 0.5) is 11.5 Å². The molecule has 0 aromatic carbocycles. The summed E-state index contributed by atoms with van der Waals surface area (Å²) >= 11 is 0. The molecular formula is C12H18N4O2. The molecule has 0 spiro atoms. The van der Waals surface area contributed by atoms with Gasteiger partial charge in [-0.25, -0.2) is 4.98 Å². The summed E-state index contributed by atoms with van der Waals surface area (Å²) < 4.78 is 0. The van der Waals surface area contributed by atoms with Crippen molar-refractivity contribution in [3.05, 3.63) is 27.9 Å². The monoisotopic (exact) mass is 250 g/mol. The molecule has 1 aromatic rings. The van der Waals surface area contributed by atoms with Crippen LogP contribution in [0.5, 0.6) is 0 Å². The molecule has 0 radical (unpaired) electrons. The molecule has 2 N–H and O–H groups in total. The van der Waals surface area contributed by atoms with Gasteiger partial charge in [-0.1, -0.05) is 0 Å². The molecule has 1 fully saturated rings. The number of pyridine rings is 1. The Hall–Kier alpha value is -1.69. The average molecular weight is 250 g/mol. The molecule has 1 atom stereocenters. The van der Waals surface area contributed by atoms with Gasteiger partial charge in [0.05, 0.1) is 11.0 Å². The van der Waals surface area contributed by atoms with Crippen LogP contribution in [0.25, 0.3) is 0 Å². The number of nitrogens with one attached hydrogen (secondary N) is 2. The molecule has 1 aromatic heterocycles. The highest BCUT2D eigenvalue weighted by Crippen LogP contribution is 2.20. The fraction of sp³-hybridized carbons (Fsp3) is 0.583. The third kappa shape index (κ3) is 3.16. The van der Waals surface area contributed by atoms with Gasteiger partial charge in [-0.15, -0.1) is 0 Å². The van der Waals surface area contributed by atoms with E-state index in [9.17, 15) is 10.1 Å². The van der Waals surface area contributed by atoms with Gasteiger partial charge in [0.25, 0.3) is 5.69 Å². The van der Waals surface area contributed by atoms with Gasteiger partial charge in [-0.3, -0.25) is 10.1 Å². The zero-order chi connectivity index (χ0) is 13.0. The summed E-state index contributed by atoms with van der Waals surface area (Å²) in [4.78, 5) is 14.6. The van der Waals surface area contributed by atoms with E-state index >= 15 is 0 Å². The lowest BCUT2D eigenvalue weighted by Gasteiger charge is -2.11. The van der Waals surface area contributed by atoms with Gasteiger partial charge in [-0.05, 0) is 32.7 Å². The van der Waals surface area contributed by atoms with Gasteiger partial charge in [0.2, 0.25) is 0 Å². The molecular weight excluding hydrogens is 232 g/mol. The van der Waals surface area contributed by atoms with Crippen LogP contribution >= 0.6 is 0 Å².